The van der Waals surface area contributed by atoms with Crippen LogP contribution in [-0.4, -0.2) is 28.8 Å². The number of amides is 1. The molecule has 4 aromatic rings. The third-order valence-electron chi connectivity index (χ3n) is 5.28. The molecular formula is C25H24N4O2. The molecule has 0 saturated carbocycles. The van der Waals surface area contributed by atoms with Crippen LogP contribution in [0.15, 0.2) is 65.9 Å². The molecule has 6 nitrogen and oxygen atoms in total. The lowest BCUT2D eigenvalue weighted by molar-refractivity contribution is 0.0952. The minimum Gasteiger partial charge on any atom is -0.496 e. The molecule has 31 heavy (non-hydrogen) atoms. The number of nitrogens with zero attached hydrogens (tertiary/aromatic N) is 3. The maximum absolute atomic E-state index is 12.7. The Balaban J connectivity index is 1.57. The van der Waals surface area contributed by atoms with Crippen LogP contribution in [0.3, 0.4) is 0 Å². The van der Waals surface area contributed by atoms with Gasteiger partial charge in [0.25, 0.3) is 5.91 Å². The third-order valence-corrected chi connectivity index (χ3v) is 5.28. The van der Waals surface area contributed by atoms with Crippen LogP contribution in [0.5, 0.6) is 5.75 Å². The third kappa shape index (κ3) is 4.05. The Morgan fingerprint density at radius 3 is 2.48 bits per heavy atom. The number of carbonyl (C=O) groups is 1. The van der Waals surface area contributed by atoms with Gasteiger partial charge in [-0.15, -0.1) is 0 Å². The second-order valence-electron chi connectivity index (χ2n) is 7.45. The van der Waals surface area contributed by atoms with E-state index < -0.39 is 0 Å². The molecule has 2 aromatic carbocycles. The Bertz CT molecular complexity index is 1290. The van der Waals surface area contributed by atoms with Crippen LogP contribution in [0.1, 0.15) is 32.9 Å². The number of aryl methyl sites for hydroxylation is 2. The summed E-state index contributed by atoms with van der Waals surface area (Å²) in [6.45, 7) is 6.03. The number of pyridine rings is 1. The number of hydrogen-bond donors (Lipinski definition) is 1. The fraction of sp³-hybridized carbons (Fsp3) is 0.160. The minimum absolute atomic E-state index is 0.326. The quantitative estimate of drug-likeness (QED) is 0.381. The molecular weight excluding hydrogens is 388 g/mol. The van der Waals surface area contributed by atoms with Gasteiger partial charge in [-0.3, -0.25) is 4.79 Å². The van der Waals surface area contributed by atoms with E-state index in [1.54, 1.807) is 13.3 Å². The molecule has 6 heteroatoms. The zero-order valence-electron chi connectivity index (χ0n) is 18.0. The number of nitrogens with one attached hydrogen (secondary N) is 1. The molecule has 2 heterocycles. The van der Waals surface area contributed by atoms with E-state index in [0.717, 1.165) is 39.1 Å². The highest BCUT2D eigenvalue weighted by molar-refractivity contribution is 6.02. The van der Waals surface area contributed by atoms with Gasteiger partial charge < -0.3 is 9.30 Å². The van der Waals surface area contributed by atoms with E-state index >= 15 is 0 Å². The first-order valence-electron chi connectivity index (χ1n) is 10.00. The normalized spacial score (nSPS) is 11.2. The minimum atomic E-state index is -0.326. The van der Waals surface area contributed by atoms with Crippen molar-refractivity contribution in [2.75, 3.05) is 7.11 Å². The zero-order chi connectivity index (χ0) is 22.0. The number of aromatic nitrogens is 2. The van der Waals surface area contributed by atoms with Crippen LogP contribution < -0.4 is 10.2 Å². The summed E-state index contributed by atoms with van der Waals surface area (Å²) in [5.41, 5.74) is 7.11. The van der Waals surface area contributed by atoms with Crippen LogP contribution in [0, 0.1) is 20.8 Å². The molecule has 0 aliphatic carbocycles. The van der Waals surface area contributed by atoms with Crippen molar-refractivity contribution in [3.63, 3.8) is 0 Å². The summed E-state index contributed by atoms with van der Waals surface area (Å²) >= 11 is 0. The van der Waals surface area contributed by atoms with Crippen molar-refractivity contribution in [1.29, 1.82) is 0 Å². The summed E-state index contributed by atoms with van der Waals surface area (Å²) in [6.07, 6.45) is 3.50. The highest BCUT2D eigenvalue weighted by Gasteiger charge is 2.14. The number of hydrazone groups is 1. The average molecular weight is 412 g/mol. The van der Waals surface area contributed by atoms with E-state index in [1.165, 1.54) is 0 Å². The Morgan fingerprint density at radius 2 is 1.81 bits per heavy atom. The van der Waals surface area contributed by atoms with Gasteiger partial charge in [0.1, 0.15) is 11.6 Å². The molecule has 0 aliphatic rings. The van der Waals surface area contributed by atoms with Crippen molar-refractivity contribution in [2.24, 2.45) is 5.10 Å². The molecule has 156 valence electrons. The average Bonchev–Trinajstić information content (AvgIpc) is 3.06. The SMILES string of the molecule is COc1cc2ccccc2cc1C(=O)N/N=C\c1cc(C)n(-c2ccc(C)cn2)c1C. The molecule has 0 atom stereocenters. The summed E-state index contributed by atoms with van der Waals surface area (Å²) in [6, 6.07) is 17.5. The van der Waals surface area contributed by atoms with Crippen molar-refractivity contribution in [3.05, 3.63) is 88.9 Å². The fourth-order valence-corrected chi connectivity index (χ4v) is 3.65. The summed E-state index contributed by atoms with van der Waals surface area (Å²) in [5, 5.41) is 6.16. The molecule has 0 saturated heterocycles. The Morgan fingerprint density at radius 1 is 1.06 bits per heavy atom. The van der Waals surface area contributed by atoms with Gasteiger partial charge in [-0.05, 0) is 61.4 Å². The highest BCUT2D eigenvalue weighted by atomic mass is 16.5. The van der Waals surface area contributed by atoms with Crippen LogP contribution in [0.4, 0.5) is 0 Å². The molecule has 1 N–H and O–H groups in total. The number of carbonyl (C=O) groups excluding carboxylic acids is 1. The van der Waals surface area contributed by atoms with Crippen LogP contribution >= 0.6 is 0 Å². The number of benzene rings is 2. The zero-order valence-corrected chi connectivity index (χ0v) is 18.0. The van der Waals surface area contributed by atoms with Gasteiger partial charge in [0.05, 0.1) is 18.9 Å². The Labute approximate surface area is 181 Å². The number of fused-ring (bicyclic) bond motifs is 1. The predicted octanol–water partition coefficient (Wildman–Crippen LogP) is 4.72. The first-order chi connectivity index (χ1) is 15.0. The van der Waals surface area contributed by atoms with Crippen molar-refractivity contribution in [2.45, 2.75) is 20.8 Å². The van der Waals surface area contributed by atoms with Gasteiger partial charge in [0, 0.05) is 23.1 Å². The van der Waals surface area contributed by atoms with Crippen LogP contribution in [0.2, 0.25) is 0 Å². The van der Waals surface area contributed by atoms with Crippen molar-refractivity contribution >= 4 is 22.9 Å². The first-order valence-corrected chi connectivity index (χ1v) is 10.00. The lowest BCUT2D eigenvalue weighted by Crippen LogP contribution is -2.18. The second-order valence-corrected chi connectivity index (χ2v) is 7.45. The van der Waals surface area contributed by atoms with Crippen molar-refractivity contribution in [1.82, 2.24) is 15.0 Å². The molecule has 0 aliphatic heterocycles. The molecule has 1 amide bonds. The molecule has 4 rings (SSSR count). The Hall–Kier alpha value is -3.93. The van der Waals surface area contributed by atoms with Gasteiger partial charge in [-0.25, -0.2) is 10.4 Å². The maximum atomic E-state index is 12.7. The van der Waals surface area contributed by atoms with Crippen LogP contribution in [-0.2, 0) is 0 Å². The van der Waals surface area contributed by atoms with Gasteiger partial charge in [-0.1, -0.05) is 30.3 Å². The summed E-state index contributed by atoms with van der Waals surface area (Å²) in [5.74, 6) is 1.04. The van der Waals surface area contributed by atoms with Gasteiger partial charge in [0.15, 0.2) is 0 Å². The molecule has 0 unspecified atom stereocenters. The number of rotatable bonds is 5. The Kier molecular flexibility index (Phi) is 5.54. The van der Waals surface area contributed by atoms with Crippen molar-refractivity contribution < 1.29 is 9.53 Å². The van der Waals surface area contributed by atoms with E-state index in [1.807, 2.05) is 81.6 Å². The second kappa shape index (κ2) is 8.44. The lowest BCUT2D eigenvalue weighted by atomic mass is 10.1. The van der Waals surface area contributed by atoms with E-state index in [9.17, 15) is 4.79 Å². The molecule has 2 aromatic heterocycles. The molecule has 0 bridgehead atoms. The summed E-state index contributed by atoms with van der Waals surface area (Å²) < 4.78 is 7.48. The topological polar surface area (TPSA) is 68.5 Å². The fourth-order valence-electron chi connectivity index (χ4n) is 3.65. The predicted molar refractivity (Wildman–Crippen MR) is 123 cm³/mol. The number of ether oxygens (including phenoxy) is 1. The van der Waals surface area contributed by atoms with E-state index in [0.29, 0.717) is 11.3 Å². The smallest absolute Gasteiger partial charge is 0.275 e. The molecule has 0 radical (unpaired) electrons. The standard InChI is InChI=1S/C25H24N4O2/c1-16-9-10-24(26-14-16)29-17(2)11-21(18(29)3)15-27-28-25(30)22-12-19-7-5-6-8-20(19)13-23(22)31-4/h5-15H,1-4H3,(H,28,30)/b27-15-. The largest absolute Gasteiger partial charge is 0.496 e. The summed E-state index contributed by atoms with van der Waals surface area (Å²) in [7, 11) is 1.55. The monoisotopic (exact) mass is 412 g/mol. The lowest BCUT2D eigenvalue weighted by Gasteiger charge is -2.09. The summed E-state index contributed by atoms with van der Waals surface area (Å²) in [4.78, 5) is 17.3. The molecule has 0 fully saturated rings. The first kappa shape index (κ1) is 20.3. The number of hydrogen-bond acceptors (Lipinski definition) is 4. The van der Waals surface area contributed by atoms with Crippen LogP contribution in [0.25, 0.3) is 16.6 Å². The van der Waals surface area contributed by atoms with Crippen molar-refractivity contribution in [3.8, 4) is 11.6 Å². The maximum Gasteiger partial charge on any atom is 0.275 e. The van der Waals surface area contributed by atoms with E-state index in [-0.39, 0.29) is 5.91 Å². The van der Waals surface area contributed by atoms with Gasteiger partial charge in [0.2, 0.25) is 0 Å². The van der Waals surface area contributed by atoms with E-state index in [4.69, 9.17) is 4.74 Å². The van der Waals surface area contributed by atoms with Gasteiger partial charge >= 0.3 is 0 Å². The van der Waals surface area contributed by atoms with E-state index in [2.05, 4.69) is 20.1 Å². The highest BCUT2D eigenvalue weighted by Crippen LogP contribution is 2.26. The number of methoxy groups -OCH3 is 1. The van der Waals surface area contributed by atoms with Gasteiger partial charge in [-0.2, -0.15) is 5.10 Å². The molecule has 0 spiro atoms.